The molecule has 2 atom stereocenters. The van der Waals surface area contributed by atoms with Crippen molar-refractivity contribution in [2.24, 2.45) is 11.3 Å². The largest absolute Gasteiger partial charge is 0.491 e. The first kappa shape index (κ1) is 11.8. The van der Waals surface area contributed by atoms with Crippen molar-refractivity contribution in [2.75, 3.05) is 19.7 Å². The highest BCUT2D eigenvalue weighted by Crippen LogP contribution is 2.55. The van der Waals surface area contributed by atoms with Crippen LogP contribution in [-0.4, -0.2) is 24.7 Å². The molecule has 6 heteroatoms. The summed E-state index contributed by atoms with van der Waals surface area (Å²) in [6.45, 7) is 2.11. The van der Waals surface area contributed by atoms with Crippen LogP contribution in [-0.2, 0) is 6.18 Å². The van der Waals surface area contributed by atoms with E-state index in [0.29, 0.717) is 12.5 Å². The number of hydrogen-bond donors (Lipinski definition) is 1. The van der Waals surface area contributed by atoms with E-state index in [1.807, 2.05) is 0 Å². The fraction of sp³-hybridized carbons (Fsp3) is 0.583. The van der Waals surface area contributed by atoms with Gasteiger partial charge in [0, 0.05) is 18.2 Å². The van der Waals surface area contributed by atoms with Crippen molar-refractivity contribution in [1.29, 1.82) is 0 Å². The molecule has 2 unspecified atom stereocenters. The molecule has 1 saturated heterocycles. The maximum Gasteiger partial charge on any atom is 0.420 e. The summed E-state index contributed by atoms with van der Waals surface area (Å²) in [5.74, 6) is 0.389. The van der Waals surface area contributed by atoms with Crippen LogP contribution in [0.5, 0.6) is 5.75 Å². The maximum absolute atomic E-state index is 12.7. The molecule has 2 heterocycles. The first-order valence-electron chi connectivity index (χ1n) is 5.86. The van der Waals surface area contributed by atoms with Gasteiger partial charge in [-0.2, -0.15) is 13.2 Å². The third-order valence-corrected chi connectivity index (χ3v) is 3.83. The Kier molecular flexibility index (Phi) is 2.52. The van der Waals surface area contributed by atoms with E-state index < -0.39 is 11.7 Å². The predicted octanol–water partition coefficient (Wildman–Crippen LogP) is 2.09. The van der Waals surface area contributed by atoms with Gasteiger partial charge in [0.05, 0.1) is 12.8 Å². The Hall–Kier alpha value is -1.30. The van der Waals surface area contributed by atoms with Crippen molar-refractivity contribution >= 4 is 0 Å². The molecule has 0 radical (unpaired) electrons. The van der Waals surface area contributed by atoms with Gasteiger partial charge in [-0.15, -0.1) is 0 Å². The molecular weight excluding hydrogens is 245 g/mol. The van der Waals surface area contributed by atoms with Crippen LogP contribution in [0.2, 0.25) is 0 Å². The normalized spacial score (nSPS) is 30.1. The minimum atomic E-state index is -4.40. The summed E-state index contributed by atoms with van der Waals surface area (Å²) in [6.07, 6.45) is -1.08. The van der Waals surface area contributed by atoms with E-state index >= 15 is 0 Å². The molecule has 0 bridgehead atoms. The summed E-state index contributed by atoms with van der Waals surface area (Å²) >= 11 is 0. The van der Waals surface area contributed by atoms with Crippen molar-refractivity contribution < 1.29 is 17.9 Å². The van der Waals surface area contributed by atoms with Crippen molar-refractivity contribution in [2.45, 2.75) is 12.6 Å². The molecule has 1 aliphatic carbocycles. The van der Waals surface area contributed by atoms with Crippen LogP contribution in [0.3, 0.4) is 0 Å². The Morgan fingerprint density at radius 3 is 2.94 bits per heavy atom. The number of aromatic nitrogens is 1. The number of halogens is 3. The third kappa shape index (κ3) is 1.94. The zero-order valence-electron chi connectivity index (χ0n) is 9.63. The van der Waals surface area contributed by atoms with E-state index in [-0.39, 0.29) is 11.2 Å². The molecule has 1 N–H and O–H groups in total. The zero-order chi connectivity index (χ0) is 12.8. The fourth-order valence-electron chi connectivity index (χ4n) is 2.61. The van der Waals surface area contributed by atoms with Crippen LogP contribution in [0.1, 0.15) is 12.0 Å². The zero-order valence-corrected chi connectivity index (χ0v) is 9.63. The van der Waals surface area contributed by atoms with Gasteiger partial charge in [-0.25, -0.2) is 0 Å². The second-order valence-corrected chi connectivity index (χ2v) is 5.05. The summed E-state index contributed by atoms with van der Waals surface area (Å²) < 4.78 is 43.6. The van der Waals surface area contributed by atoms with Gasteiger partial charge in [-0.05, 0) is 24.9 Å². The number of pyridine rings is 1. The number of nitrogens with zero attached hydrogens (tertiary/aromatic N) is 1. The van der Waals surface area contributed by atoms with E-state index in [1.165, 1.54) is 0 Å². The third-order valence-electron chi connectivity index (χ3n) is 3.83. The molecule has 1 saturated carbocycles. The summed E-state index contributed by atoms with van der Waals surface area (Å²) in [5.41, 5.74) is -0.698. The van der Waals surface area contributed by atoms with Gasteiger partial charge in [0.15, 0.2) is 0 Å². The Balaban J connectivity index is 1.73. The Bertz CT molecular complexity index is 463. The summed E-state index contributed by atoms with van der Waals surface area (Å²) in [4.78, 5) is 3.70. The van der Waals surface area contributed by atoms with E-state index in [9.17, 15) is 13.2 Å². The molecule has 1 aromatic rings. The molecule has 98 valence electrons. The lowest BCUT2D eigenvalue weighted by atomic mass is 10.1. The molecule has 3 rings (SSSR count). The minimum absolute atomic E-state index is 0.0543. The molecule has 0 aromatic carbocycles. The molecule has 2 fully saturated rings. The van der Waals surface area contributed by atoms with Gasteiger partial charge < -0.3 is 10.1 Å². The minimum Gasteiger partial charge on any atom is -0.491 e. The van der Waals surface area contributed by atoms with Gasteiger partial charge >= 0.3 is 6.18 Å². The second kappa shape index (κ2) is 3.85. The van der Waals surface area contributed by atoms with Crippen LogP contribution in [0, 0.1) is 11.3 Å². The SMILES string of the molecule is FC(F)(F)c1ccncc1OCC12CNCC1C2. The van der Waals surface area contributed by atoms with Gasteiger partial charge in [0.25, 0.3) is 0 Å². The van der Waals surface area contributed by atoms with Crippen molar-refractivity contribution in [3.8, 4) is 5.75 Å². The molecule has 0 amide bonds. The second-order valence-electron chi connectivity index (χ2n) is 5.05. The highest BCUT2D eigenvalue weighted by molar-refractivity contribution is 5.32. The van der Waals surface area contributed by atoms with E-state index in [4.69, 9.17) is 4.74 Å². The topological polar surface area (TPSA) is 34.1 Å². The molecule has 0 spiro atoms. The number of piperidine rings is 1. The lowest BCUT2D eigenvalue weighted by molar-refractivity contribution is -0.139. The Labute approximate surface area is 102 Å². The average Bonchev–Trinajstić information content (AvgIpc) is 2.88. The maximum atomic E-state index is 12.7. The van der Waals surface area contributed by atoms with Crippen LogP contribution in [0.4, 0.5) is 13.2 Å². The van der Waals surface area contributed by atoms with Gasteiger partial charge in [0.1, 0.15) is 11.3 Å². The highest BCUT2D eigenvalue weighted by atomic mass is 19.4. The van der Waals surface area contributed by atoms with Crippen molar-refractivity contribution in [3.63, 3.8) is 0 Å². The van der Waals surface area contributed by atoms with E-state index in [2.05, 4.69) is 10.3 Å². The molecule has 3 nitrogen and oxygen atoms in total. The summed E-state index contributed by atoms with van der Waals surface area (Å²) in [7, 11) is 0. The molecule has 1 aromatic heterocycles. The van der Waals surface area contributed by atoms with Crippen LogP contribution in [0.25, 0.3) is 0 Å². The summed E-state index contributed by atoms with van der Waals surface area (Å²) in [5, 5.41) is 3.23. The number of fused-ring (bicyclic) bond motifs is 1. The van der Waals surface area contributed by atoms with Gasteiger partial charge in [-0.3, -0.25) is 4.98 Å². The monoisotopic (exact) mass is 258 g/mol. The van der Waals surface area contributed by atoms with Crippen molar-refractivity contribution in [1.82, 2.24) is 10.3 Å². The lowest BCUT2D eigenvalue weighted by Crippen LogP contribution is -2.22. The molecule has 18 heavy (non-hydrogen) atoms. The number of ether oxygens (including phenoxy) is 1. The van der Waals surface area contributed by atoms with Gasteiger partial charge in [0.2, 0.25) is 0 Å². The van der Waals surface area contributed by atoms with Crippen LogP contribution in [0.15, 0.2) is 18.5 Å². The Morgan fingerprint density at radius 2 is 2.33 bits per heavy atom. The first-order valence-corrected chi connectivity index (χ1v) is 5.86. The van der Waals surface area contributed by atoms with Crippen molar-refractivity contribution in [3.05, 3.63) is 24.0 Å². The first-order chi connectivity index (χ1) is 8.51. The smallest absolute Gasteiger partial charge is 0.420 e. The molecule has 2 aliphatic rings. The highest BCUT2D eigenvalue weighted by Gasteiger charge is 2.57. The number of rotatable bonds is 3. The number of alkyl halides is 3. The lowest BCUT2D eigenvalue weighted by Gasteiger charge is -2.16. The van der Waals surface area contributed by atoms with Crippen LogP contribution < -0.4 is 10.1 Å². The van der Waals surface area contributed by atoms with Crippen LogP contribution >= 0.6 is 0 Å². The number of hydrogen-bond acceptors (Lipinski definition) is 3. The number of nitrogens with one attached hydrogen (secondary N) is 1. The quantitative estimate of drug-likeness (QED) is 0.901. The predicted molar refractivity (Wildman–Crippen MR) is 58.1 cm³/mol. The average molecular weight is 258 g/mol. The van der Waals surface area contributed by atoms with E-state index in [1.54, 1.807) is 0 Å². The Morgan fingerprint density at radius 1 is 1.50 bits per heavy atom. The fourth-order valence-corrected chi connectivity index (χ4v) is 2.61. The summed E-state index contributed by atoms with van der Waals surface area (Å²) in [6, 6.07) is 0.949. The van der Waals surface area contributed by atoms with E-state index in [0.717, 1.165) is 38.0 Å². The standard InChI is InChI=1S/C12H13F3N2O/c13-12(14,15)9-1-2-16-5-10(9)18-7-11-3-8(11)4-17-6-11/h1-2,5,8,17H,3-4,6-7H2. The molecular formula is C12H13F3N2O. The van der Waals surface area contributed by atoms with Gasteiger partial charge in [-0.1, -0.05) is 0 Å². The molecule has 1 aliphatic heterocycles.